The van der Waals surface area contributed by atoms with Gasteiger partial charge in [0.15, 0.2) is 0 Å². The third-order valence-electron chi connectivity index (χ3n) is 4.45. The van der Waals surface area contributed by atoms with Crippen molar-refractivity contribution < 1.29 is 14.3 Å². The minimum atomic E-state index is -0.444. The predicted octanol–water partition coefficient (Wildman–Crippen LogP) is 6.26. The van der Waals surface area contributed by atoms with Crippen molar-refractivity contribution in [2.75, 3.05) is 13.7 Å². The summed E-state index contributed by atoms with van der Waals surface area (Å²) < 4.78 is 10.8. The molecule has 0 saturated carbocycles. The Hall–Kier alpha value is -2.23. The first-order valence-electron chi connectivity index (χ1n) is 8.73. The second kappa shape index (κ2) is 9.12. The van der Waals surface area contributed by atoms with Crippen LogP contribution in [0.3, 0.4) is 0 Å². The van der Waals surface area contributed by atoms with Gasteiger partial charge in [-0.3, -0.25) is 4.79 Å². The molecule has 1 atom stereocenters. The minimum Gasteiger partial charge on any atom is -0.494 e. The number of methoxy groups -OCH3 is 1. The van der Waals surface area contributed by atoms with Gasteiger partial charge >= 0.3 is 5.97 Å². The van der Waals surface area contributed by atoms with E-state index in [-0.39, 0.29) is 5.97 Å². The second-order valence-electron chi connectivity index (χ2n) is 6.24. The summed E-state index contributed by atoms with van der Waals surface area (Å²) in [6.07, 6.45) is 1.26. The first kappa shape index (κ1) is 19.5. The SMILES string of the molecule is COC(=O)C(CCCOc1ccc2ccccc2c1)c1ccc(Cl)cc1Cl. The van der Waals surface area contributed by atoms with Crippen LogP contribution in [0, 0.1) is 0 Å². The number of carbonyl (C=O) groups excluding carboxylic acids is 1. The van der Waals surface area contributed by atoms with E-state index in [9.17, 15) is 4.79 Å². The molecule has 0 N–H and O–H groups in total. The molecule has 3 nitrogen and oxygen atoms in total. The lowest BCUT2D eigenvalue weighted by atomic mass is 9.94. The lowest BCUT2D eigenvalue weighted by Crippen LogP contribution is -2.16. The van der Waals surface area contributed by atoms with E-state index < -0.39 is 5.92 Å². The number of ether oxygens (including phenoxy) is 2. The molecule has 3 rings (SSSR count). The smallest absolute Gasteiger partial charge is 0.313 e. The molecule has 0 aromatic heterocycles. The molecule has 0 aliphatic heterocycles. The monoisotopic (exact) mass is 402 g/mol. The summed E-state index contributed by atoms with van der Waals surface area (Å²) in [5, 5.41) is 3.31. The van der Waals surface area contributed by atoms with Gasteiger partial charge in [0.05, 0.1) is 19.6 Å². The molecule has 0 saturated heterocycles. The highest BCUT2D eigenvalue weighted by Gasteiger charge is 2.23. The van der Waals surface area contributed by atoms with Crippen molar-refractivity contribution in [1.29, 1.82) is 0 Å². The highest BCUT2D eigenvalue weighted by atomic mass is 35.5. The molecule has 0 aliphatic carbocycles. The van der Waals surface area contributed by atoms with Gasteiger partial charge in [-0.2, -0.15) is 0 Å². The van der Waals surface area contributed by atoms with Gasteiger partial charge < -0.3 is 9.47 Å². The molecule has 27 heavy (non-hydrogen) atoms. The summed E-state index contributed by atoms with van der Waals surface area (Å²) in [6.45, 7) is 0.497. The molecule has 0 amide bonds. The maximum atomic E-state index is 12.2. The third kappa shape index (κ3) is 4.94. The van der Waals surface area contributed by atoms with Crippen molar-refractivity contribution in [2.45, 2.75) is 18.8 Å². The molecular weight excluding hydrogens is 383 g/mol. The van der Waals surface area contributed by atoms with Crippen molar-refractivity contribution in [3.63, 3.8) is 0 Å². The van der Waals surface area contributed by atoms with Crippen LogP contribution < -0.4 is 4.74 Å². The second-order valence-corrected chi connectivity index (χ2v) is 7.08. The van der Waals surface area contributed by atoms with Gasteiger partial charge in [-0.1, -0.05) is 59.6 Å². The Labute approximate surface area is 168 Å². The number of fused-ring (bicyclic) bond motifs is 1. The number of halogens is 2. The van der Waals surface area contributed by atoms with E-state index in [0.717, 1.165) is 16.7 Å². The van der Waals surface area contributed by atoms with Crippen LogP contribution in [0.15, 0.2) is 60.7 Å². The number of hydrogen-bond donors (Lipinski definition) is 0. The van der Waals surface area contributed by atoms with Crippen molar-refractivity contribution >= 4 is 39.9 Å². The first-order valence-corrected chi connectivity index (χ1v) is 9.48. The van der Waals surface area contributed by atoms with E-state index in [4.69, 9.17) is 32.7 Å². The van der Waals surface area contributed by atoms with E-state index in [0.29, 0.717) is 29.5 Å². The highest BCUT2D eigenvalue weighted by molar-refractivity contribution is 6.35. The lowest BCUT2D eigenvalue weighted by molar-refractivity contribution is -0.142. The van der Waals surface area contributed by atoms with Crippen LogP contribution in [-0.2, 0) is 9.53 Å². The Morgan fingerprint density at radius 2 is 1.78 bits per heavy atom. The average Bonchev–Trinajstić information content (AvgIpc) is 2.68. The number of hydrogen-bond acceptors (Lipinski definition) is 3. The predicted molar refractivity (Wildman–Crippen MR) is 110 cm³/mol. The molecule has 0 heterocycles. The topological polar surface area (TPSA) is 35.5 Å². The highest BCUT2D eigenvalue weighted by Crippen LogP contribution is 2.31. The standard InChI is InChI=1S/C22H20Cl2O3/c1-26-22(25)20(19-11-9-17(23)14-21(19)24)7-4-12-27-18-10-8-15-5-2-3-6-16(15)13-18/h2-3,5-6,8-11,13-14,20H,4,7,12H2,1H3. The summed E-state index contributed by atoms with van der Waals surface area (Å²) in [6, 6.07) is 19.3. The summed E-state index contributed by atoms with van der Waals surface area (Å²) in [4.78, 5) is 12.2. The molecular formula is C22H20Cl2O3. The van der Waals surface area contributed by atoms with Gasteiger partial charge in [-0.05, 0) is 53.4 Å². The normalized spacial score (nSPS) is 12.0. The molecule has 0 aliphatic rings. The zero-order valence-electron chi connectivity index (χ0n) is 15.0. The molecule has 0 radical (unpaired) electrons. The summed E-state index contributed by atoms with van der Waals surface area (Å²) in [5.74, 6) is 0.0535. The molecule has 0 fully saturated rings. The Kier molecular flexibility index (Phi) is 6.59. The Balaban J connectivity index is 1.62. The molecule has 140 valence electrons. The van der Waals surface area contributed by atoms with Crippen LogP contribution in [0.4, 0.5) is 0 Å². The van der Waals surface area contributed by atoms with Gasteiger partial charge in [0.25, 0.3) is 0 Å². The molecule has 3 aromatic rings. The Morgan fingerprint density at radius 1 is 1.00 bits per heavy atom. The van der Waals surface area contributed by atoms with Gasteiger partial charge in [0.2, 0.25) is 0 Å². The number of rotatable bonds is 7. The zero-order chi connectivity index (χ0) is 19.2. The maximum Gasteiger partial charge on any atom is 0.313 e. The zero-order valence-corrected chi connectivity index (χ0v) is 16.5. The lowest BCUT2D eigenvalue weighted by Gasteiger charge is -2.17. The summed E-state index contributed by atoms with van der Waals surface area (Å²) >= 11 is 12.2. The van der Waals surface area contributed by atoms with Crippen LogP contribution in [0.25, 0.3) is 10.8 Å². The molecule has 0 bridgehead atoms. The van der Waals surface area contributed by atoms with Crippen LogP contribution in [0.5, 0.6) is 5.75 Å². The van der Waals surface area contributed by atoms with E-state index >= 15 is 0 Å². The van der Waals surface area contributed by atoms with E-state index in [1.54, 1.807) is 18.2 Å². The minimum absolute atomic E-state index is 0.315. The van der Waals surface area contributed by atoms with Gasteiger partial charge in [-0.25, -0.2) is 0 Å². The Bertz CT molecular complexity index is 940. The first-order chi connectivity index (χ1) is 13.1. The van der Waals surface area contributed by atoms with Crippen LogP contribution in [0.2, 0.25) is 10.0 Å². The van der Waals surface area contributed by atoms with Crippen molar-refractivity contribution in [3.8, 4) is 5.75 Å². The number of carbonyl (C=O) groups is 1. The van der Waals surface area contributed by atoms with Gasteiger partial charge in [0.1, 0.15) is 5.75 Å². The maximum absolute atomic E-state index is 12.2. The van der Waals surface area contributed by atoms with Crippen LogP contribution in [-0.4, -0.2) is 19.7 Å². The van der Waals surface area contributed by atoms with Crippen molar-refractivity contribution in [3.05, 3.63) is 76.3 Å². The summed E-state index contributed by atoms with van der Waals surface area (Å²) in [7, 11) is 1.38. The fourth-order valence-electron chi connectivity index (χ4n) is 3.06. The van der Waals surface area contributed by atoms with Crippen molar-refractivity contribution in [2.24, 2.45) is 0 Å². The van der Waals surface area contributed by atoms with Crippen LogP contribution >= 0.6 is 23.2 Å². The van der Waals surface area contributed by atoms with Gasteiger partial charge in [-0.15, -0.1) is 0 Å². The molecule has 3 aromatic carbocycles. The van der Waals surface area contributed by atoms with Gasteiger partial charge in [0, 0.05) is 10.0 Å². The van der Waals surface area contributed by atoms with E-state index in [1.165, 1.54) is 12.5 Å². The number of benzene rings is 3. The quantitative estimate of drug-likeness (QED) is 0.345. The average molecular weight is 403 g/mol. The molecule has 5 heteroatoms. The van der Waals surface area contributed by atoms with Crippen molar-refractivity contribution in [1.82, 2.24) is 0 Å². The summed E-state index contributed by atoms with van der Waals surface area (Å²) in [5.41, 5.74) is 0.721. The molecule has 1 unspecified atom stereocenters. The fourth-order valence-corrected chi connectivity index (χ4v) is 3.60. The largest absolute Gasteiger partial charge is 0.494 e. The van der Waals surface area contributed by atoms with Crippen LogP contribution in [0.1, 0.15) is 24.3 Å². The third-order valence-corrected chi connectivity index (χ3v) is 5.01. The van der Waals surface area contributed by atoms with E-state index in [1.807, 2.05) is 30.3 Å². The molecule has 0 spiro atoms. The number of esters is 1. The Morgan fingerprint density at radius 3 is 2.52 bits per heavy atom. The fraction of sp³-hybridized carbons (Fsp3) is 0.227. The van der Waals surface area contributed by atoms with E-state index in [2.05, 4.69) is 12.1 Å².